The van der Waals surface area contributed by atoms with Crippen molar-refractivity contribution >= 4 is 0 Å². The third-order valence-corrected chi connectivity index (χ3v) is 2.60. The van der Waals surface area contributed by atoms with E-state index in [1.165, 1.54) is 5.56 Å². The SMILES string of the molecule is COCCN(C)CCNCc1occc1C. The van der Waals surface area contributed by atoms with Gasteiger partial charge >= 0.3 is 0 Å². The van der Waals surface area contributed by atoms with Crippen LogP contribution in [0.25, 0.3) is 0 Å². The highest BCUT2D eigenvalue weighted by Gasteiger charge is 2.01. The summed E-state index contributed by atoms with van der Waals surface area (Å²) in [6.07, 6.45) is 1.73. The lowest BCUT2D eigenvalue weighted by Gasteiger charge is -2.15. The minimum absolute atomic E-state index is 0.786. The molecule has 0 radical (unpaired) electrons. The summed E-state index contributed by atoms with van der Waals surface area (Å²) in [5, 5.41) is 3.36. The molecule has 4 nitrogen and oxygen atoms in total. The summed E-state index contributed by atoms with van der Waals surface area (Å²) in [6.45, 7) is 6.59. The monoisotopic (exact) mass is 226 g/mol. The maximum absolute atomic E-state index is 5.34. The number of ether oxygens (including phenoxy) is 1. The normalized spacial score (nSPS) is 11.2. The van der Waals surface area contributed by atoms with Gasteiger partial charge in [-0.05, 0) is 25.6 Å². The quantitative estimate of drug-likeness (QED) is 0.677. The Labute approximate surface area is 97.6 Å². The van der Waals surface area contributed by atoms with Crippen molar-refractivity contribution in [3.8, 4) is 0 Å². The van der Waals surface area contributed by atoms with Gasteiger partial charge in [-0.1, -0.05) is 0 Å². The van der Waals surface area contributed by atoms with E-state index < -0.39 is 0 Å². The van der Waals surface area contributed by atoms with E-state index in [2.05, 4.69) is 24.2 Å². The molecule has 4 heteroatoms. The predicted octanol–water partition coefficient (Wildman–Crippen LogP) is 1.26. The minimum atomic E-state index is 0.786. The number of hydrogen-bond donors (Lipinski definition) is 1. The van der Waals surface area contributed by atoms with Gasteiger partial charge in [0.05, 0.1) is 19.4 Å². The second-order valence-corrected chi connectivity index (χ2v) is 4.00. The standard InChI is InChI=1S/C12H22N2O2/c1-11-4-8-16-12(11)10-13-5-6-14(2)7-9-15-3/h4,8,13H,5-7,9-10H2,1-3H3. The third kappa shape index (κ3) is 4.79. The van der Waals surface area contributed by atoms with Crippen molar-refractivity contribution in [2.24, 2.45) is 0 Å². The molecule has 92 valence electrons. The van der Waals surface area contributed by atoms with E-state index in [-0.39, 0.29) is 0 Å². The topological polar surface area (TPSA) is 37.6 Å². The van der Waals surface area contributed by atoms with Crippen molar-refractivity contribution in [2.75, 3.05) is 40.4 Å². The maximum Gasteiger partial charge on any atom is 0.120 e. The number of methoxy groups -OCH3 is 1. The highest BCUT2D eigenvalue weighted by atomic mass is 16.5. The Hall–Kier alpha value is -0.840. The van der Waals surface area contributed by atoms with Crippen LogP contribution in [0.4, 0.5) is 0 Å². The van der Waals surface area contributed by atoms with Gasteiger partial charge in [-0.2, -0.15) is 0 Å². The Morgan fingerprint density at radius 2 is 2.25 bits per heavy atom. The summed E-state index contributed by atoms with van der Waals surface area (Å²) in [7, 11) is 3.82. The summed E-state index contributed by atoms with van der Waals surface area (Å²) in [4.78, 5) is 2.24. The molecule has 0 aromatic carbocycles. The van der Waals surface area contributed by atoms with Gasteiger partial charge in [0, 0.05) is 26.7 Å². The van der Waals surface area contributed by atoms with Gasteiger partial charge in [0.15, 0.2) is 0 Å². The van der Waals surface area contributed by atoms with Crippen molar-refractivity contribution in [1.29, 1.82) is 0 Å². The summed E-state index contributed by atoms with van der Waals surface area (Å²) in [5.41, 5.74) is 1.21. The molecular weight excluding hydrogens is 204 g/mol. The molecular formula is C12H22N2O2. The fraction of sp³-hybridized carbons (Fsp3) is 0.667. The number of aryl methyl sites for hydroxylation is 1. The molecule has 1 heterocycles. The summed E-state index contributed by atoms with van der Waals surface area (Å²) < 4.78 is 10.4. The summed E-state index contributed by atoms with van der Waals surface area (Å²) in [6, 6.07) is 1.99. The van der Waals surface area contributed by atoms with Crippen LogP contribution in [0, 0.1) is 6.92 Å². The predicted molar refractivity (Wildman–Crippen MR) is 64.5 cm³/mol. The second kappa shape index (κ2) is 7.44. The molecule has 0 aliphatic rings. The molecule has 0 unspecified atom stereocenters. The first kappa shape index (κ1) is 13.2. The molecule has 0 saturated carbocycles. The third-order valence-electron chi connectivity index (χ3n) is 2.60. The van der Waals surface area contributed by atoms with Crippen molar-refractivity contribution in [3.63, 3.8) is 0 Å². The average Bonchev–Trinajstić information content (AvgIpc) is 2.67. The van der Waals surface area contributed by atoms with Crippen molar-refractivity contribution in [2.45, 2.75) is 13.5 Å². The first-order valence-electron chi connectivity index (χ1n) is 5.65. The molecule has 0 bridgehead atoms. The molecule has 1 aromatic heterocycles. The minimum Gasteiger partial charge on any atom is -0.468 e. The van der Waals surface area contributed by atoms with E-state index in [9.17, 15) is 0 Å². The summed E-state index contributed by atoms with van der Waals surface area (Å²) >= 11 is 0. The van der Waals surface area contributed by atoms with Gasteiger partial charge in [-0.25, -0.2) is 0 Å². The van der Waals surface area contributed by atoms with E-state index in [4.69, 9.17) is 9.15 Å². The smallest absolute Gasteiger partial charge is 0.120 e. The lowest BCUT2D eigenvalue weighted by molar-refractivity contribution is 0.161. The van der Waals surface area contributed by atoms with Crippen molar-refractivity contribution < 1.29 is 9.15 Å². The Morgan fingerprint density at radius 3 is 2.88 bits per heavy atom. The van der Waals surface area contributed by atoms with E-state index in [1.54, 1.807) is 13.4 Å². The highest BCUT2D eigenvalue weighted by Crippen LogP contribution is 2.07. The number of furan rings is 1. The molecule has 0 atom stereocenters. The maximum atomic E-state index is 5.34. The Kier molecular flexibility index (Phi) is 6.15. The van der Waals surface area contributed by atoms with Gasteiger partial charge < -0.3 is 19.4 Å². The lowest BCUT2D eigenvalue weighted by Crippen LogP contribution is -2.31. The Morgan fingerprint density at radius 1 is 1.44 bits per heavy atom. The van der Waals surface area contributed by atoms with Crippen LogP contribution in [-0.4, -0.2) is 45.3 Å². The number of nitrogens with one attached hydrogen (secondary N) is 1. The van der Waals surface area contributed by atoms with Gasteiger partial charge in [0.1, 0.15) is 5.76 Å². The van der Waals surface area contributed by atoms with Crippen molar-refractivity contribution in [1.82, 2.24) is 10.2 Å². The number of nitrogens with zero attached hydrogens (tertiary/aromatic N) is 1. The van der Waals surface area contributed by atoms with Crippen LogP contribution in [0.15, 0.2) is 16.7 Å². The fourth-order valence-electron chi connectivity index (χ4n) is 1.42. The molecule has 0 fully saturated rings. The number of hydrogen-bond acceptors (Lipinski definition) is 4. The molecule has 0 aliphatic carbocycles. The van der Waals surface area contributed by atoms with Crippen LogP contribution in [-0.2, 0) is 11.3 Å². The lowest BCUT2D eigenvalue weighted by atomic mass is 10.3. The van der Waals surface area contributed by atoms with Gasteiger partial charge in [0.25, 0.3) is 0 Å². The van der Waals surface area contributed by atoms with Crippen LogP contribution in [0.5, 0.6) is 0 Å². The fourth-order valence-corrected chi connectivity index (χ4v) is 1.42. The molecule has 0 amide bonds. The van der Waals surface area contributed by atoms with E-state index in [0.717, 1.165) is 38.5 Å². The second-order valence-electron chi connectivity index (χ2n) is 4.00. The zero-order valence-corrected chi connectivity index (χ0v) is 10.5. The first-order chi connectivity index (χ1) is 7.74. The molecule has 1 rings (SSSR count). The molecule has 1 N–H and O–H groups in total. The van der Waals surface area contributed by atoms with Crippen LogP contribution in [0.2, 0.25) is 0 Å². The van der Waals surface area contributed by atoms with Crippen LogP contribution >= 0.6 is 0 Å². The number of likely N-dealkylation sites (N-methyl/N-ethyl adjacent to an activating group) is 1. The zero-order valence-electron chi connectivity index (χ0n) is 10.5. The molecule has 0 aliphatic heterocycles. The zero-order chi connectivity index (χ0) is 11.8. The summed E-state index contributed by atoms with van der Waals surface area (Å²) in [5.74, 6) is 1.03. The molecule has 0 saturated heterocycles. The van der Waals surface area contributed by atoms with E-state index in [1.807, 2.05) is 6.07 Å². The van der Waals surface area contributed by atoms with Crippen LogP contribution in [0.1, 0.15) is 11.3 Å². The van der Waals surface area contributed by atoms with Crippen LogP contribution in [0.3, 0.4) is 0 Å². The molecule has 0 spiro atoms. The van der Waals surface area contributed by atoms with Crippen LogP contribution < -0.4 is 5.32 Å². The largest absolute Gasteiger partial charge is 0.468 e. The molecule has 1 aromatic rings. The van der Waals surface area contributed by atoms with E-state index in [0.29, 0.717) is 0 Å². The number of rotatable bonds is 8. The Bertz CT molecular complexity index is 286. The van der Waals surface area contributed by atoms with Crippen molar-refractivity contribution in [3.05, 3.63) is 23.7 Å². The van der Waals surface area contributed by atoms with Gasteiger partial charge in [-0.15, -0.1) is 0 Å². The van der Waals surface area contributed by atoms with E-state index >= 15 is 0 Å². The van der Waals surface area contributed by atoms with Gasteiger partial charge in [-0.3, -0.25) is 0 Å². The van der Waals surface area contributed by atoms with Gasteiger partial charge in [0.2, 0.25) is 0 Å². The average molecular weight is 226 g/mol. The molecule has 16 heavy (non-hydrogen) atoms. The highest BCUT2D eigenvalue weighted by molar-refractivity contribution is 5.13. The first-order valence-corrected chi connectivity index (χ1v) is 5.65. The Balaban J connectivity index is 2.06.